The fraction of sp³-hybridized carbons (Fsp3) is 0.364. The molecule has 0 fully saturated rings. The summed E-state index contributed by atoms with van der Waals surface area (Å²) in [5, 5.41) is 12.9. The lowest BCUT2D eigenvalue weighted by Gasteiger charge is -2.11. The van der Waals surface area contributed by atoms with Crippen LogP contribution in [0.25, 0.3) is 0 Å². The lowest BCUT2D eigenvalue weighted by Crippen LogP contribution is -2.33. The van der Waals surface area contributed by atoms with E-state index in [-0.39, 0.29) is 39.0 Å². The Balaban J connectivity index is 0.00000171. The molecule has 2 heterocycles. The molecule has 0 saturated carbocycles. The third kappa shape index (κ3) is 8.36. The monoisotopic (exact) mass is 482 g/mol. The van der Waals surface area contributed by atoms with Gasteiger partial charge in [-0.05, 0) is 35.4 Å². The molecule has 2 aliphatic heterocycles. The van der Waals surface area contributed by atoms with Crippen LogP contribution in [0.2, 0.25) is 0 Å². The summed E-state index contributed by atoms with van der Waals surface area (Å²) < 4.78 is 11.3. The van der Waals surface area contributed by atoms with Gasteiger partial charge in [-0.1, -0.05) is 31.7 Å². The largest absolute Gasteiger partial charge is 0.458 e. The number of guanidine groups is 2. The average Bonchev–Trinajstić information content (AvgIpc) is 3.47. The Morgan fingerprint density at radius 3 is 1.44 bits per heavy atom. The van der Waals surface area contributed by atoms with Gasteiger partial charge >= 0.3 is 0 Å². The Morgan fingerprint density at radius 2 is 1.09 bits per heavy atom. The van der Waals surface area contributed by atoms with Crippen molar-refractivity contribution in [2.45, 2.75) is 20.5 Å². The van der Waals surface area contributed by atoms with Gasteiger partial charge in [0.2, 0.25) is 6.79 Å². The predicted octanol–water partition coefficient (Wildman–Crippen LogP) is 2.68. The van der Waals surface area contributed by atoms with E-state index in [9.17, 15) is 0 Å². The van der Waals surface area contributed by atoms with Crippen LogP contribution in [0.1, 0.15) is 18.6 Å². The number of hydrogen-bond donors (Lipinski definition) is 4. The summed E-state index contributed by atoms with van der Waals surface area (Å²) in [4.78, 5) is 8.63. The second kappa shape index (κ2) is 14.3. The van der Waals surface area contributed by atoms with Gasteiger partial charge in [0.05, 0.1) is 13.1 Å². The van der Waals surface area contributed by atoms with Crippen molar-refractivity contribution in [2.75, 3.05) is 33.0 Å². The van der Waals surface area contributed by atoms with Crippen molar-refractivity contribution >= 4 is 36.7 Å². The highest BCUT2D eigenvalue weighted by molar-refractivity contribution is 5.85. The van der Waals surface area contributed by atoms with Crippen LogP contribution in [0.3, 0.4) is 0 Å². The lowest BCUT2D eigenvalue weighted by molar-refractivity contribution is 0.120. The van der Waals surface area contributed by atoms with Crippen LogP contribution in [0.4, 0.5) is 0 Å². The highest BCUT2D eigenvalue weighted by Gasteiger charge is 2.05. The van der Waals surface area contributed by atoms with Crippen LogP contribution >= 0.6 is 24.8 Å². The molecule has 0 spiro atoms. The summed E-state index contributed by atoms with van der Waals surface area (Å²) in [6, 6.07) is 15.9. The van der Waals surface area contributed by atoms with Crippen LogP contribution in [0.5, 0.6) is 11.5 Å². The highest BCUT2D eigenvalue weighted by Crippen LogP contribution is 2.15. The van der Waals surface area contributed by atoms with E-state index in [1.54, 1.807) is 0 Å². The fourth-order valence-electron chi connectivity index (χ4n) is 2.98. The molecule has 10 heteroatoms. The van der Waals surface area contributed by atoms with Crippen molar-refractivity contribution in [3.63, 3.8) is 0 Å². The first-order valence-corrected chi connectivity index (χ1v) is 9.83. The molecule has 2 aliphatic rings. The molecule has 0 aromatic heterocycles. The smallest absolute Gasteiger partial charge is 0.230 e. The zero-order valence-electron chi connectivity index (χ0n) is 17.1. The minimum atomic E-state index is 0. The Kier molecular flexibility index (Phi) is 12.1. The maximum atomic E-state index is 5.67. The van der Waals surface area contributed by atoms with Crippen LogP contribution < -0.4 is 30.7 Å². The van der Waals surface area contributed by atoms with Crippen LogP contribution in [0.15, 0.2) is 58.5 Å². The van der Waals surface area contributed by atoms with Crippen molar-refractivity contribution in [3.05, 3.63) is 59.7 Å². The second-order valence-corrected chi connectivity index (χ2v) is 6.72. The van der Waals surface area contributed by atoms with Gasteiger partial charge in [-0.3, -0.25) is 9.98 Å². The standard InChI is InChI=1S/C21H26N6O2.CH4.2ClH/c1-5-18(6-2-16(1)13-26-20-22-9-10-23-20)28-15-29-19-7-3-17(4-8-19)14-27-21-24-11-12-25-21;;;/h1-8H,9-15H2,(H2,22,23,26)(H2,24,25,27);1H4;2*1H. The highest BCUT2D eigenvalue weighted by atomic mass is 35.5. The van der Waals surface area contributed by atoms with Crippen molar-refractivity contribution in [3.8, 4) is 11.5 Å². The Bertz CT molecular complexity index is 788. The first-order chi connectivity index (χ1) is 14.3. The second-order valence-electron chi connectivity index (χ2n) is 6.72. The third-order valence-electron chi connectivity index (χ3n) is 4.57. The number of halogens is 2. The zero-order chi connectivity index (χ0) is 19.7. The van der Waals surface area contributed by atoms with Crippen molar-refractivity contribution in [1.29, 1.82) is 0 Å². The van der Waals surface area contributed by atoms with Crippen LogP contribution in [-0.4, -0.2) is 44.9 Å². The summed E-state index contributed by atoms with van der Waals surface area (Å²) >= 11 is 0. The number of nitrogens with zero attached hydrogens (tertiary/aromatic N) is 2. The molecular formula is C22H32Cl2N6O2. The molecule has 0 unspecified atom stereocenters. The molecule has 176 valence electrons. The maximum Gasteiger partial charge on any atom is 0.230 e. The van der Waals surface area contributed by atoms with Gasteiger partial charge in [0.15, 0.2) is 11.9 Å². The van der Waals surface area contributed by atoms with Gasteiger partial charge < -0.3 is 30.7 Å². The molecule has 0 saturated heterocycles. The SMILES string of the molecule is C.Cl.Cl.c1cc(OCOc2ccc(CNC3=NCCN3)cc2)ccc1CNC1=NCCN1. The molecule has 0 radical (unpaired) electrons. The summed E-state index contributed by atoms with van der Waals surface area (Å²) in [6.45, 7) is 5.10. The molecule has 0 atom stereocenters. The quantitative estimate of drug-likeness (QED) is 0.432. The molecule has 32 heavy (non-hydrogen) atoms. The Morgan fingerprint density at radius 1 is 0.688 bits per heavy atom. The van der Waals surface area contributed by atoms with E-state index in [2.05, 4.69) is 31.3 Å². The van der Waals surface area contributed by atoms with Crippen molar-refractivity contribution in [1.82, 2.24) is 21.3 Å². The van der Waals surface area contributed by atoms with Crippen LogP contribution in [0, 0.1) is 0 Å². The van der Waals surface area contributed by atoms with E-state index in [0.29, 0.717) is 0 Å². The number of nitrogens with one attached hydrogen (secondary N) is 4. The van der Waals surface area contributed by atoms with E-state index in [4.69, 9.17) is 9.47 Å². The topological polar surface area (TPSA) is 91.3 Å². The van der Waals surface area contributed by atoms with Crippen molar-refractivity contribution in [2.24, 2.45) is 9.98 Å². The Hall–Kier alpha value is -2.84. The number of benzene rings is 2. The number of aliphatic imine (C=N–C) groups is 2. The molecule has 8 nitrogen and oxygen atoms in total. The number of ether oxygens (including phenoxy) is 2. The molecular weight excluding hydrogens is 451 g/mol. The molecule has 2 aromatic rings. The lowest BCUT2D eigenvalue weighted by atomic mass is 10.2. The van der Waals surface area contributed by atoms with E-state index in [0.717, 1.165) is 73.8 Å². The van der Waals surface area contributed by atoms with Gasteiger partial charge in [-0.2, -0.15) is 0 Å². The Labute approximate surface area is 202 Å². The summed E-state index contributed by atoms with van der Waals surface area (Å²) in [5.74, 6) is 3.28. The van der Waals surface area contributed by atoms with Gasteiger partial charge in [0, 0.05) is 26.2 Å². The van der Waals surface area contributed by atoms with E-state index in [1.807, 2.05) is 48.5 Å². The molecule has 4 rings (SSSR count). The van der Waals surface area contributed by atoms with Crippen LogP contribution in [-0.2, 0) is 13.1 Å². The maximum absolute atomic E-state index is 5.67. The first kappa shape index (κ1) is 27.2. The third-order valence-corrected chi connectivity index (χ3v) is 4.57. The summed E-state index contributed by atoms with van der Waals surface area (Å²) in [6.07, 6.45) is 0. The molecule has 0 amide bonds. The fourth-order valence-corrected chi connectivity index (χ4v) is 2.98. The van der Waals surface area contributed by atoms with Gasteiger partial charge in [0.1, 0.15) is 11.5 Å². The van der Waals surface area contributed by atoms with E-state index >= 15 is 0 Å². The molecule has 0 aliphatic carbocycles. The predicted molar refractivity (Wildman–Crippen MR) is 135 cm³/mol. The molecule has 4 N–H and O–H groups in total. The summed E-state index contributed by atoms with van der Waals surface area (Å²) in [7, 11) is 0. The van der Waals surface area contributed by atoms with Gasteiger partial charge in [-0.25, -0.2) is 0 Å². The van der Waals surface area contributed by atoms with E-state index in [1.165, 1.54) is 0 Å². The first-order valence-electron chi connectivity index (χ1n) is 9.83. The van der Waals surface area contributed by atoms with Crippen molar-refractivity contribution < 1.29 is 9.47 Å². The average molecular weight is 483 g/mol. The molecule has 0 bridgehead atoms. The molecule has 2 aromatic carbocycles. The zero-order valence-corrected chi connectivity index (χ0v) is 18.7. The minimum absolute atomic E-state index is 0. The van der Waals surface area contributed by atoms with Gasteiger partial charge in [-0.15, -0.1) is 24.8 Å². The number of hydrogen-bond acceptors (Lipinski definition) is 8. The normalized spacial score (nSPS) is 13.6. The van der Waals surface area contributed by atoms with E-state index < -0.39 is 0 Å². The summed E-state index contributed by atoms with van der Waals surface area (Å²) in [5.41, 5.74) is 2.33. The minimum Gasteiger partial charge on any atom is -0.458 e. The van der Waals surface area contributed by atoms with Gasteiger partial charge in [0.25, 0.3) is 0 Å². The number of rotatable bonds is 8.